The van der Waals surface area contributed by atoms with E-state index in [4.69, 9.17) is 0 Å². The molecule has 0 aliphatic rings. The second kappa shape index (κ2) is 4.31. The molecule has 0 amide bonds. The number of carbonyl (C=O) groups excluding carboxylic acids is 1. The Morgan fingerprint density at radius 3 is 2.50 bits per heavy atom. The van der Waals surface area contributed by atoms with E-state index in [1.807, 2.05) is 6.92 Å². The van der Waals surface area contributed by atoms with E-state index in [0.29, 0.717) is 17.5 Å². The van der Waals surface area contributed by atoms with Crippen LogP contribution in [-0.2, 0) is 4.79 Å². The highest BCUT2D eigenvalue weighted by Gasteiger charge is 2.12. The molecule has 0 aliphatic carbocycles. The molecule has 76 valence electrons. The van der Waals surface area contributed by atoms with Crippen LogP contribution >= 0.6 is 0 Å². The molecule has 1 atom stereocenters. The van der Waals surface area contributed by atoms with Crippen LogP contribution in [0, 0.1) is 18.6 Å². The quantitative estimate of drug-likeness (QED) is 0.682. The molecule has 0 heterocycles. The maximum Gasteiger partial charge on any atom is 0.159 e. The fourth-order valence-corrected chi connectivity index (χ4v) is 1.46. The average Bonchev–Trinajstić information content (AvgIpc) is 2.11. The van der Waals surface area contributed by atoms with Gasteiger partial charge in [-0.1, -0.05) is 6.92 Å². The smallest absolute Gasteiger partial charge is 0.159 e. The fraction of sp³-hybridized carbons (Fsp3) is 0.364. The van der Waals surface area contributed by atoms with Crippen LogP contribution in [0.25, 0.3) is 0 Å². The largest absolute Gasteiger partial charge is 0.303 e. The first kappa shape index (κ1) is 10.8. The van der Waals surface area contributed by atoms with Crippen LogP contribution in [0.15, 0.2) is 12.1 Å². The van der Waals surface area contributed by atoms with Crippen molar-refractivity contribution in [3.05, 3.63) is 34.9 Å². The Labute approximate surface area is 81.7 Å². The third kappa shape index (κ3) is 2.16. The Morgan fingerprint density at radius 2 is 1.93 bits per heavy atom. The van der Waals surface area contributed by atoms with Crippen LogP contribution in [-0.4, -0.2) is 6.29 Å². The number of aryl methyl sites for hydroxylation is 1. The average molecular weight is 198 g/mol. The van der Waals surface area contributed by atoms with Gasteiger partial charge in [0.05, 0.1) is 0 Å². The van der Waals surface area contributed by atoms with Crippen LogP contribution in [0.5, 0.6) is 0 Å². The van der Waals surface area contributed by atoms with Crippen molar-refractivity contribution in [2.45, 2.75) is 26.2 Å². The first-order valence-electron chi connectivity index (χ1n) is 4.45. The SMILES string of the molecule is Cc1cc(F)c(F)cc1C(C)CC=O. The summed E-state index contributed by atoms with van der Waals surface area (Å²) in [5.41, 5.74) is 1.37. The van der Waals surface area contributed by atoms with E-state index in [1.54, 1.807) is 6.92 Å². The molecule has 0 aliphatic heterocycles. The maximum atomic E-state index is 12.9. The molecule has 0 saturated heterocycles. The minimum Gasteiger partial charge on any atom is -0.303 e. The highest BCUT2D eigenvalue weighted by atomic mass is 19.2. The third-order valence-electron chi connectivity index (χ3n) is 2.29. The highest BCUT2D eigenvalue weighted by Crippen LogP contribution is 2.24. The summed E-state index contributed by atoms with van der Waals surface area (Å²) < 4.78 is 25.7. The predicted molar refractivity (Wildman–Crippen MR) is 50.2 cm³/mol. The number of benzene rings is 1. The molecule has 0 bridgehead atoms. The number of rotatable bonds is 3. The number of hydrogen-bond donors (Lipinski definition) is 0. The van der Waals surface area contributed by atoms with Gasteiger partial charge in [-0.3, -0.25) is 0 Å². The van der Waals surface area contributed by atoms with Gasteiger partial charge in [0.1, 0.15) is 6.29 Å². The van der Waals surface area contributed by atoms with Crippen molar-refractivity contribution in [2.75, 3.05) is 0 Å². The minimum absolute atomic E-state index is 0.0670. The lowest BCUT2D eigenvalue weighted by atomic mass is 9.94. The summed E-state index contributed by atoms with van der Waals surface area (Å²) in [6.07, 6.45) is 1.11. The fourth-order valence-electron chi connectivity index (χ4n) is 1.46. The van der Waals surface area contributed by atoms with E-state index < -0.39 is 11.6 Å². The van der Waals surface area contributed by atoms with Crippen molar-refractivity contribution in [3.8, 4) is 0 Å². The van der Waals surface area contributed by atoms with Gasteiger partial charge < -0.3 is 4.79 Å². The van der Waals surface area contributed by atoms with Gasteiger partial charge in [-0.15, -0.1) is 0 Å². The Bertz CT molecular complexity index is 347. The van der Waals surface area contributed by atoms with Gasteiger partial charge in [-0.2, -0.15) is 0 Å². The lowest BCUT2D eigenvalue weighted by Crippen LogP contribution is -2.00. The van der Waals surface area contributed by atoms with E-state index >= 15 is 0 Å². The van der Waals surface area contributed by atoms with Crippen LogP contribution in [0.4, 0.5) is 8.78 Å². The zero-order valence-electron chi connectivity index (χ0n) is 8.18. The summed E-state index contributed by atoms with van der Waals surface area (Å²) in [6.45, 7) is 3.52. The molecule has 0 saturated carbocycles. The predicted octanol–water partition coefficient (Wildman–Crippen LogP) is 2.97. The Balaban J connectivity index is 3.08. The van der Waals surface area contributed by atoms with Gasteiger partial charge in [0.25, 0.3) is 0 Å². The molecule has 1 unspecified atom stereocenters. The molecular weight excluding hydrogens is 186 g/mol. The summed E-state index contributed by atoms with van der Waals surface area (Å²) in [5.74, 6) is -1.77. The monoisotopic (exact) mass is 198 g/mol. The summed E-state index contributed by atoms with van der Waals surface area (Å²) in [4.78, 5) is 10.3. The summed E-state index contributed by atoms with van der Waals surface area (Å²) >= 11 is 0. The van der Waals surface area contributed by atoms with Crippen molar-refractivity contribution in [1.82, 2.24) is 0 Å². The van der Waals surface area contributed by atoms with Crippen molar-refractivity contribution >= 4 is 6.29 Å². The number of aldehydes is 1. The first-order valence-corrected chi connectivity index (χ1v) is 4.45. The van der Waals surface area contributed by atoms with E-state index in [1.165, 1.54) is 6.07 Å². The lowest BCUT2D eigenvalue weighted by molar-refractivity contribution is -0.108. The van der Waals surface area contributed by atoms with E-state index in [-0.39, 0.29) is 5.92 Å². The molecule has 1 rings (SSSR count). The molecule has 0 radical (unpaired) electrons. The zero-order valence-corrected chi connectivity index (χ0v) is 8.18. The molecule has 1 nitrogen and oxygen atoms in total. The zero-order chi connectivity index (χ0) is 10.7. The number of hydrogen-bond acceptors (Lipinski definition) is 1. The highest BCUT2D eigenvalue weighted by molar-refractivity contribution is 5.52. The van der Waals surface area contributed by atoms with Crippen molar-refractivity contribution < 1.29 is 13.6 Å². The molecule has 0 N–H and O–H groups in total. The van der Waals surface area contributed by atoms with Crippen molar-refractivity contribution in [3.63, 3.8) is 0 Å². The first-order chi connectivity index (χ1) is 6.56. The van der Waals surface area contributed by atoms with Gasteiger partial charge >= 0.3 is 0 Å². The molecular formula is C11H12F2O. The Hall–Kier alpha value is -1.25. The third-order valence-corrected chi connectivity index (χ3v) is 2.29. The summed E-state index contributed by atoms with van der Waals surface area (Å²) in [6, 6.07) is 2.32. The molecule has 1 aromatic carbocycles. The second-order valence-corrected chi connectivity index (χ2v) is 3.43. The van der Waals surface area contributed by atoms with Gasteiger partial charge in [0, 0.05) is 6.42 Å². The van der Waals surface area contributed by atoms with E-state index in [2.05, 4.69) is 0 Å². The van der Waals surface area contributed by atoms with E-state index in [0.717, 1.165) is 12.4 Å². The maximum absolute atomic E-state index is 12.9. The standard InChI is InChI=1S/C11H12F2O/c1-7(3-4-14)9-6-11(13)10(12)5-8(9)2/h4-7H,3H2,1-2H3. The number of halogens is 2. The normalized spacial score (nSPS) is 12.6. The van der Waals surface area contributed by atoms with Crippen LogP contribution in [0.3, 0.4) is 0 Å². The van der Waals surface area contributed by atoms with Crippen molar-refractivity contribution in [1.29, 1.82) is 0 Å². The number of carbonyl (C=O) groups is 1. The van der Waals surface area contributed by atoms with Gasteiger partial charge in [0.15, 0.2) is 11.6 Å². The molecule has 0 spiro atoms. The second-order valence-electron chi connectivity index (χ2n) is 3.43. The Morgan fingerprint density at radius 1 is 1.36 bits per heavy atom. The van der Waals surface area contributed by atoms with Gasteiger partial charge in [-0.25, -0.2) is 8.78 Å². The van der Waals surface area contributed by atoms with Gasteiger partial charge in [-0.05, 0) is 36.1 Å². The molecule has 0 fully saturated rings. The van der Waals surface area contributed by atoms with Gasteiger partial charge in [0.2, 0.25) is 0 Å². The molecule has 1 aromatic rings. The lowest BCUT2D eigenvalue weighted by Gasteiger charge is -2.12. The molecule has 0 aromatic heterocycles. The van der Waals surface area contributed by atoms with Crippen LogP contribution in [0.2, 0.25) is 0 Å². The summed E-state index contributed by atoms with van der Waals surface area (Å²) in [7, 11) is 0. The Kier molecular flexibility index (Phi) is 3.33. The summed E-state index contributed by atoms with van der Waals surface area (Å²) in [5, 5.41) is 0. The minimum atomic E-state index is -0.858. The van der Waals surface area contributed by atoms with Crippen LogP contribution < -0.4 is 0 Å². The topological polar surface area (TPSA) is 17.1 Å². The molecule has 3 heteroatoms. The van der Waals surface area contributed by atoms with E-state index in [9.17, 15) is 13.6 Å². The van der Waals surface area contributed by atoms with Crippen LogP contribution in [0.1, 0.15) is 30.4 Å². The molecule has 14 heavy (non-hydrogen) atoms. The van der Waals surface area contributed by atoms with Crippen molar-refractivity contribution in [2.24, 2.45) is 0 Å².